The third-order valence-corrected chi connectivity index (χ3v) is 7.11. The van der Waals surface area contributed by atoms with Gasteiger partial charge >= 0.3 is 0 Å². The Kier molecular flexibility index (Phi) is 5.99. The molecule has 2 amide bonds. The molecule has 9 heteroatoms. The van der Waals surface area contributed by atoms with Crippen molar-refractivity contribution >= 4 is 29.0 Å². The summed E-state index contributed by atoms with van der Waals surface area (Å²) in [7, 11) is 0. The lowest BCUT2D eigenvalue weighted by Gasteiger charge is -2.43. The molecular formula is C24H33N5O3S. The Morgan fingerprint density at radius 3 is 2.52 bits per heavy atom. The van der Waals surface area contributed by atoms with E-state index in [1.54, 1.807) is 18.0 Å². The fraction of sp³-hybridized carbons (Fsp3) is 0.583. The van der Waals surface area contributed by atoms with Crippen LogP contribution in [0.5, 0.6) is 0 Å². The Hall–Kier alpha value is -2.52. The number of likely N-dealkylation sites (tertiary alicyclic amines) is 2. The summed E-state index contributed by atoms with van der Waals surface area (Å²) in [6.45, 7) is 13.2. The highest BCUT2D eigenvalue weighted by atomic mass is 32.1. The summed E-state index contributed by atoms with van der Waals surface area (Å²) < 4.78 is 0. The molecule has 0 bridgehead atoms. The van der Waals surface area contributed by atoms with E-state index in [4.69, 9.17) is 0 Å². The minimum Gasteiger partial charge on any atom is -0.386 e. The number of carbonyl (C=O) groups is 2. The van der Waals surface area contributed by atoms with E-state index in [-0.39, 0.29) is 41.5 Å². The van der Waals surface area contributed by atoms with Crippen LogP contribution in [0.1, 0.15) is 73.3 Å². The van der Waals surface area contributed by atoms with E-state index in [2.05, 4.69) is 36.1 Å². The molecule has 2 aliphatic heterocycles. The van der Waals surface area contributed by atoms with Gasteiger partial charge in [-0.2, -0.15) is 0 Å². The molecule has 2 aromatic rings. The third-order valence-electron chi connectivity index (χ3n) is 6.04. The second-order valence-corrected chi connectivity index (χ2v) is 11.6. The molecule has 2 N–H and O–H groups in total. The molecule has 0 radical (unpaired) electrons. The quantitative estimate of drug-likeness (QED) is 0.708. The number of anilines is 1. The largest absolute Gasteiger partial charge is 0.386 e. The molecule has 0 aromatic carbocycles. The summed E-state index contributed by atoms with van der Waals surface area (Å²) in [5.41, 5.74) is 1.07. The minimum atomic E-state index is -0.865. The molecule has 0 unspecified atom stereocenters. The first kappa shape index (κ1) is 23.6. The fourth-order valence-electron chi connectivity index (χ4n) is 4.41. The van der Waals surface area contributed by atoms with Gasteiger partial charge in [0.05, 0.1) is 23.6 Å². The van der Waals surface area contributed by atoms with Crippen LogP contribution in [0.2, 0.25) is 0 Å². The molecule has 2 fully saturated rings. The number of hydrogen-bond acceptors (Lipinski definition) is 7. The predicted molar refractivity (Wildman–Crippen MR) is 130 cm³/mol. The first-order chi connectivity index (χ1) is 15.3. The minimum absolute atomic E-state index is 0.128. The van der Waals surface area contributed by atoms with Gasteiger partial charge < -0.3 is 20.2 Å². The molecule has 4 rings (SSSR count). The number of aliphatic hydroxyl groups is 1. The van der Waals surface area contributed by atoms with Crippen LogP contribution in [0.4, 0.5) is 5.82 Å². The summed E-state index contributed by atoms with van der Waals surface area (Å²) in [5, 5.41) is 13.7. The number of rotatable bonds is 4. The molecule has 0 saturated carbocycles. The lowest BCUT2D eigenvalue weighted by atomic mass is 9.97. The van der Waals surface area contributed by atoms with Crippen molar-refractivity contribution in [2.24, 2.45) is 0 Å². The number of pyridine rings is 1. The molecule has 0 spiro atoms. The maximum atomic E-state index is 13.5. The van der Waals surface area contributed by atoms with Crippen molar-refractivity contribution in [2.75, 3.05) is 25.0 Å². The molecular weight excluding hydrogens is 438 g/mol. The van der Waals surface area contributed by atoms with Gasteiger partial charge in [0.1, 0.15) is 11.5 Å². The fourth-order valence-corrected chi connectivity index (χ4v) is 5.51. The summed E-state index contributed by atoms with van der Waals surface area (Å²) in [5.74, 6) is 0.364. The number of amides is 2. The molecule has 178 valence electrons. The Bertz CT molecular complexity index is 1080. The maximum absolute atomic E-state index is 13.5. The summed E-state index contributed by atoms with van der Waals surface area (Å²) in [4.78, 5) is 39.7. The van der Waals surface area contributed by atoms with Crippen molar-refractivity contribution in [3.63, 3.8) is 0 Å². The molecule has 0 aliphatic carbocycles. The summed E-state index contributed by atoms with van der Waals surface area (Å²) in [6.07, 6.45) is 3.69. The van der Waals surface area contributed by atoms with E-state index >= 15 is 0 Å². The van der Waals surface area contributed by atoms with Crippen LogP contribution in [0.25, 0.3) is 10.4 Å². The molecule has 1 atom stereocenters. The van der Waals surface area contributed by atoms with Crippen molar-refractivity contribution in [3.8, 4) is 10.4 Å². The lowest BCUT2D eigenvalue weighted by Crippen LogP contribution is -2.61. The van der Waals surface area contributed by atoms with Crippen LogP contribution in [-0.4, -0.2) is 73.5 Å². The van der Waals surface area contributed by atoms with Gasteiger partial charge in [-0.25, -0.2) is 9.97 Å². The Morgan fingerprint density at radius 1 is 1.27 bits per heavy atom. The van der Waals surface area contributed by atoms with Gasteiger partial charge in [-0.05, 0) is 66.0 Å². The van der Waals surface area contributed by atoms with E-state index in [0.717, 1.165) is 29.8 Å². The van der Waals surface area contributed by atoms with Crippen LogP contribution >= 0.6 is 11.3 Å². The van der Waals surface area contributed by atoms with Crippen molar-refractivity contribution in [3.05, 3.63) is 28.5 Å². The molecule has 33 heavy (non-hydrogen) atoms. The number of hydrogen-bond donors (Lipinski definition) is 2. The van der Waals surface area contributed by atoms with Crippen molar-refractivity contribution in [1.82, 2.24) is 19.8 Å². The first-order valence-corrected chi connectivity index (χ1v) is 12.2. The highest BCUT2D eigenvalue weighted by Crippen LogP contribution is 2.36. The van der Waals surface area contributed by atoms with Gasteiger partial charge in [0.25, 0.3) is 11.8 Å². The number of β-amino-alcohol motifs (C(OH)–C–C–N with tert-alkyl or cyclic N) is 1. The van der Waals surface area contributed by atoms with E-state index < -0.39 is 5.60 Å². The van der Waals surface area contributed by atoms with Gasteiger partial charge in [-0.3, -0.25) is 9.59 Å². The van der Waals surface area contributed by atoms with Crippen LogP contribution in [0.15, 0.2) is 12.3 Å². The molecule has 2 aliphatic rings. The van der Waals surface area contributed by atoms with Crippen LogP contribution < -0.4 is 5.32 Å². The zero-order chi connectivity index (χ0) is 24.1. The number of nitrogens with one attached hydrogen (secondary N) is 1. The van der Waals surface area contributed by atoms with E-state index in [0.29, 0.717) is 17.1 Å². The second-order valence-electron chi connectivity index (χ2n) is 10.6. The Labute approximate surface area is 199 Å². The van der Waals surface area contributed by atoms with Gasteiger partial charge in [-0.15, -0.1) is 11.3 Å². The van der Waals surface area contributed by atoms with E-state index in [1.165, 1.54) is 11.3 Å². The molecule has 2 aromatic heterocycles. The Balaban J connectivity index is 1.72. The standard InChI is InChI=1S/C24H33N5O3S/c1-14-10-17(27-23(3,4)5)25-11-16(14)19-18(21(30)29-9-7-8-15(29)2)26-20(33-19)22(31)28-12-24(6,32)13-28/h10-11,15,32H,7-9,12-13H2,1-6H3,(H,25,27)/t15-/m0/s1. The molecule has 4 heterocycles. The summed E-state index contributed by atoms with van der Waals surface area (Å²) >= 11 is 1.23. The van der Waals surface area contributed by atoms with Crippen molar-refractivity contribution in [1.29, 1.82) is 0 Å². The maximum Gasteiger partial charge on any atom is 0.283 e. The van der Waals surface area contributed by atoms with E-state index in [1.807, 2.05) is 24.8 Å². The van der Waals surface area contributed by atoms with Crippen LogP contribution in [0, 0.1) is 6.92 Å². The predicted octanol–water partition coefficient (Wildman–Crippen LogP) is 3.56. The van der Waals surface area contributed by atoms with Gasteiger partial charge in [0, 0.05) is 29.9 Å². The van der Waals surface area contributed by atoms with Crippen molar-refractivity contribution in [2.45, 2.75) is 71.6 Å². The number of carbonyl (C=O) groups excluding carboxylic acids is 2. The van der Waals surface area contributed by atoms with Gasteiger partial charge in [0.2, 0.25) is 0 Å². The second kappa shape index (κ2) is 8.36. The zero-order valence-corrected chi connectivity index (χ0v) is 21.0. The lowest BCUT2D eigenvalue weighted by molar-refractivity contribution is -0.0668. The van der Waals surface area contributed by atoms with E-state index in [9.17, 15) is 14.7 Å². The number of thiazole rings is 1. The topological polar surface area (TPSA) is 98.7 Å². The van der Waals surface area contributed by atoms with Crippen LogP contribution in [-0.2, 0) is 0 Å². The normalized spacial score (nSPS) is 20.0. The highest BCUT2D eigenvalue weighted by molar-refractivity contribution is 7.17. The monoisotopic (exact) mass is 471 g/mol. The van der Waals surface area contributed by atoms with Crippen molar-refractivity contribution < 1.29 is 14.7 Å². The van der Waals surface area contributed by atoms with Crippen LogP contribution in [0.3, 0.4) is 0 Å². The Morgan fingerprint density at radius 2 is 1.97 bits per heavy atom. The number of aromatic nitrogens is 2. The third kappa shape index (κ3) is 4.89. The number of nitrogens with zero attached hydrogens (tertiary/aromatic N) is 4. The SMILES string of the molecule is Cc1cc(NC(C)(C)C)ncc1-c1sc(C(=O)N2CC(C)(O)C2)nc1C(=O)N1CCC[C@@H]1C. The average molecular weight is 472 g/mol. The number of aryl methyl sites for hydroxylation is 1. The molecule has 2 saturated heterocycles. The smallest absolute Gasteiger partial charge is 0.283 e. The molecule has 8 nitrogen and oxygen atoms in total. The zero-order valence-electron chi connectivity index (χ0n) is 20.2. The summed E-state index contributed by atoms with van der Waals surface area (Å²) in [6, 6.07) is 2.11. The van der Waals surface area contributed by atoms with Gasteiger partial charge in [-0.1, -0.05) is 0 Å². The highest BCUT2D eigenvalue weighted by Gasteiger charge is 2.41. The first-order valence-electron chi connectivity index (χ1n) is 11.4. The average Bonchev–Trinajstić information content (AvgIpc) is 3.30. The van der Waals surface area contributed by atoms with Gasteiger partial charge in [0.15, 0.2) is 5.01 Å².